The van der Waals surface area contributed by atoms with Gasteiger partial charge in [0.05, 0.1) is 27.2 Å². The molecule has 89 heavy (non-hydrogen) atoms. The van der Waals surface area contributed by atoms with E-state index < -0.39 is 94.7 Å². The second kappa shape index (κ2) is 35.3. The molecule has 5 aromatic rings. The van der Waals surface area contributed by atoms with Crippen LogP contribution < -0.4 is 21.3 Å². The van der Waals surface area contributed by atoms with Crippen LogP contribution in [0.4, 0.5) is 32.3 Å². The lowest BCUT2D eigenvalue weighted by atomic mass is 9.98. The molecule has 6 rings (SSSR count). The van der Waals surface area contributed by atoms with Gasteiger partial charge in [-0.05, 0) is 144 Å². The molecule has 1 aliphatic carbocycles. The average Bonchev–Trinajstić information content (AvgIpc) is 1.91. The number of benzene rings is 5. The van der Waals surface area contributed by atoms with Crippen molar-refractivity contribution in [1.82, 2.24) is 21.3 Å². The van der Waals surface area contributed by atoms with Crippen molar-refractivity contribution in [3.05, 3.63) is 163 Å². The number of ether oxygens (including phenoxy) is 4. The normalized spacial score (nSPS) is 12.9. The maximum atomic E-state index is 13.6. The second-order valence-corrected chi connectivity index (χ2v) is 25.0. The highest BCUT2D eigenvalue weighted by Gasteiger charge is 2.31. The Morgan fingerprint density at radius 1 is 0.483 bits per heavy atom. The third kappa shape index (κ3) is 27.2. The van der Waals surface area contributed by atoms with Crippen molar-refractivity contribution in [3.63, 3.8) is 0 Å². The molecule has 0 bridgehead atoms. The van der Waals surface area contributed by atoms with E-state index in [0.29, 0.717) is 27.5 Å². The van der Waals surface area contributed by atoms with E-state index >= 15 is 0 Å². The lowest BCUT2D eigenvalue weighted by molar-refractivity contribution is -0.140. The number of Topliss-reactive ketones (excluding diaryl/α,β-unsaturated/α-hetero) is 2. The highest BCUT2D eigenvalue weighted by atomic mass is 127. The molecule has 0 heterocycles. The molecule has 1 aliphatic rings. The van der Waals surface area contributed by atoms with E-state index in [1.165, 1.54) is 36.4 Å². The minimum Gasteiger partial charge on any atom is -0.480 e. The van der Waals surface area contributed by atoms with Gasteiger partial charge in [0.2, 0.25) is 0 Å². The van der Waals surface area contributed by atoms with Gasteiger partial charge in [-0.2, -0.15) is 0 Å². The number of carbonyl (C=O) groups is 8. The van der Waals surface area contributed by atoms with Crippen molar-refractivity contribution in [3.8, 4) is 11.1 Å². The molecular formula is C64H75Cl3F3IN4O14. The molecule has 0 unspecified atom stereocenters. The number of carboxylic acids is 2. The fraction of sp³-hybridized carbons (Fsp3) is 0.406. The van der Waals surface area contributed by atoms with Crippen LogP contribution >= 0.6 is 57.4 Å². The van der Waals surface area contributed by atoms with Crippen LogP contribution in [-0.2, 0) is 57.4 Å². The van der Waals surface area contributed by atoms with Crippen molar-refractivity contribution in [2.45, 2.75) is 155 Å². The summed E-state index contributed by atoms with van der Waals surface area (Å²) in [7, 11) is 0. The Labute approximate surface area is 544 Å². The summed E-state index contributed by atoms with van der Waals surface area (Å²) < 4.78 is 61.6. The Kier molecular flexibility index (Phi) is 30.2. The molecule has 0 saturated carbocycles. The Bertz CT molecular complexity index is 3240. The smallest absolute Gasteiger partial charge is 0.408 e. The second-order valence-electron chi connectivity index (χ2n) is 22.9. The molecule has 0 saturated heterocycles. The molecule has 0 aliphatic heterocycles. The van der Waals surface area contributed by atoms with Gasteiger partial charge in [-0.15, -0.1) is 0 Å². The number of halogens is 7. The lowest BCUT2D eigenvalue weighted by Gasteiger charge is -2.23. The van der Waals surface area contributed by atoms with E-state index in [4.69, 9.17) is 58.9 Å². The SMILES string of the molecule is CC(C)(C)OC(=O)N[C@@H](Cc1ccc(Cl)c(F)c1)C(=O)O.CCC(=O)[C@H](CI)NC(=O)OC(C)(C)C.CCC(=O)[C@H](Cc1ccc(Cl)c(F)c1)NC(=O)OC(C)(C)C.O=C(N[C@@H](Cc1ccc(Cl)c(F)c1)C(=O)O)OCC1c2ccccc2-c2ccccc21. The van der Waals surface area contributed by atoms with Gasteiger partial charge in [-0.1, -0.05) is 138 Å². The summed E-state index contributed by atoms with van der Waals surface area (Å²) in [6, 6.07) is 24.4. The first kappa shape index (κ1) is 76.1. The first-order valence-corrected chi connectivity index (χ1v) is 30.6. The number of aliphatic carboxylic acids is 2. The van der Waals surface area contributed by atoms with Crippen LogP contribution in [0, 0.1) is 17.5 Å². The Balaban J connectivity index is 0.000000321. The number of amides is 4. The quantitative estimate of drug-likeness (QED) is 0.0255. The average molecular weight is 1410 g/mol. The number of nitrogens with one attached hydrogen (secondary N) is 4. The van der Waals surface area contributed by atoms with Crippen LogP contribution in [0.2, 0.25) is 15.1 Å². The van der Waals surface area contributed by atoms with Gasteiger partial charge in [-0.3, -0.25) is 9.59 Å². The molecule has 5 aromatic carbocycles. The molecule has 0 fully saturated rings. The molecule has 18 nitrogen and oxygen atoms in total. The minimum atomic E-state index is -1.27. The van der Waals surface area contributed by atoms with Gasteiger partial charge in [0.25, 0.3) is 0 Å². The number of ketones is 2. The van der Waals surface area contributed by atoms with Gasteiger partial charge >= 0.3 is 36.3 Å². The van der Waals surface area contributed by atoms with Crippen LogP contribution in [0.15, 0.2) is 103 Å². The number of alkyl carbamates (subject to hydrolysis) is 4. The van der Waals surface area contributed by atoms with Gasteiger partial charge in [0.1, 0.15) is 52.9 Å². The van der Waals surface area contributed by atoms with Crippen LogP contribution in [0.5, 0.6) is 0 Å². The zero-order chi connectivity index (χ0) is 67.1. The van der Waals surface area contributed by atoms with E-state index in [1.54, 1.807) is 82.2 Å². The Morgan fingerprint density at radius 3 is 1.10 bits per heavy atom. The maximum absolute atomic E-state index is 13.6. The summed E-state index contributed by atoms with van der Waals surface area (Å²) in [5.74, 6) is -4.59. The van der Waals surface area contributed by atoms with Crippen molar-refractivity contribution < 1.29 is 80.7 Å². The molecule has 4 amide bonds. The maximum Gasteiger partial charge on any atom is 0.408 e. The fourth-order valence-electron chi connectivity index (χ4n) is 8.18. The van der Waals surface area contributed by atoms with Crippen molar-refractivity contribution >= 4 is 105 Å². The van der Waals surface area contributed by atoms with Crippen LogP contribution in [0.25, 0.3) is 11.1 Å². The highest BCUT2D eigenvalue weighted by molar-refractivity contribution is 14.1. The number of fused-ring (bicyclic) bond motifs is 3. The zero-order valence-electron chi connectivity index (χ0n) is 51.1. The Hall–Kier alpha value is -7.15. The van der Waals surface area contributed by atoms with Crippen LogP contribution in [0.1, 0.15) is 123 Å². The molecule has 0 radical (unpaired) electrons. The first-order chi connectivity index (χ1) is 41.4. The summed E-state index contributed by atoms with van der Waals surface area (Å²) >= 11 is 18.9. The fourth-order valence-corrected chi connectivity index (χ4v) is 9.25. The molecule has 4 atom stereocenters. The molecule has 6 N–H and O–H groups in total. The number of carbonyl (C=O) groups excluding carboxylic acids is 6. The predicted molar refractivity (Wildman–Crippen MR) is 342 cm³/mol. The first-order valence-electron chi connectivity index (χ1n) is 27.9. The van der Waals surface area contributed by atoms with E-state index in [-0.39, 0.29) is 64.8 Å². The highest BCUT2D eigenvalue weighted by Crippen LogP contribution is 2.44. The Morgan fingerprint density at radius 2 is 0.787 bits per heavy atom. The minimum absolute atomic E-state index is 0.0159. The van der Waals surface area contributed by atoms with Gasteiger partial charge < -0.3 is 50.4 Å². The van der Waals surface area contributed by atoms with Gasteiger partial charge in [0, 0.05) is 36.0 Å². The summed E-state index contributed by atoms with van der Waals surface area (Å²) in [6.45, 7) is 19.1. The van der Waals surface area contributed by atoms with Gasteiger partial charge in [-0.25, -0.2) is 41.9 Å². The topological polar surface area (TPSA) is 262 Å². The predicted octanol–water partition coefficient (Wildman–Crippen LogP) is 14.2. The molecular weight excluding hydrogens is 1340 g/mol. The summed E-state index contributed by atoms with van der Waals surface area (Å²) in [5.41, 5.74) is 3.76. The van der Waals surface area contributed by atoms with E-state index in [9.17, 15) is 56.6 Å². The summed E-state index contributed by atoms with van der Waals surface area (Å²) in [4.78, 5) is 93.2. The lowest BCUT2D eigenvalue weighted by Crippen LogP contribution is -2.44. The largest absolute Gasteiger partial charge is 0.480 e. The monoisotopic (exact) mass is 1410 g/mol. The van der Waals surface area contributed by atoms with Crippen LogP contribution in [-0.4, -0.2) is 110 Å². The number of rotatable bonds is 19. The third-order valence-electron chi connectivity index (χ3n) is 12.2. The summed E-state index contributed by atoms with van der Waals surface area (Å²) in [6.07, 6.45) is -2.22. The van der Waals surface area contributed by atoms with Crippen LogP contribution in [0.3, 0.4) is 0 Å². The number of hydrogen-bond acceptors (Lipinski definition) is 12. The van der Waals surface area contributed by atoms with E-state index in [0.717, 1.165) is 34.4 Å². The molecule has 25 heteroatoms. The van der Waals surface area contributed by atoms with E-state index in [1.807, 2.05) is 48.5 Å². The molecule has 0 spiro atoms. The standard InChI is InChI=1S/C24H19ClFNO4.C16H21ClFNO3.C14H17ClFNO4.C10H18INO3/c25-20-10-9-14(11-21(20)26)12-22(23(28)29)27-24(30)31-13-19-17-7-3-1-5-15(17)16-6-2-4-8-18(16)19;1-5-14(20)13(19-15(21)22-16(2,3)4)9-10-6-7-11(17)12(18)8-10;1-14(2,3)21-13(20)17-11(12(18)19)7-8-4-5-9(15)10(16)6-8;1-5-8(13)7(6-11)12-9(14)15-10(2,3)4/h1-11,19,22H,12-13H2,(H,27,30)(H,28,29);6-8,13H,5,9H2,1-4H3,(H,19,21);4-6,11H,7H2,1-3H3,(H,17,20)(H,18,19);7H,5-6H2,1-4H3,(H,12,14)/t22-;13-;11-;7-/m0000/s1. The zero-order valence-corrected chi connectivity index (χ0v) is 55.5. The number of carboxylic acid groups (broad SMARTS) is 2. The van der Waals surface area contributed by atoms with Gasteiger partial charge in [0.15, 0.2) is 11.6 Å². The van der Waals surface area contributed by atoms with Crippen molar-refractivity contribution in [2.24, 2.45) is 0 Å². The number of alkyl halides is 1. The summed E-state index contributed by atoms with van der Waals surface area (Å²) in [5, 5.41) is 28.2. The van der Waals surface area contributed by atoms with Crippen molar-refractivity contribution in [2.75, 3.05) is 11.0 Å². The molecule has 0 aromatic heterocycles. The third-order valence-corrected chi connectivity index (χ3v) is 14.0. The van der Waals surface area contributed by atoms with E-state index in [2.05, 4.69) is 43.9 Å². The molecule has 484 valence electrons. The van der Waals surface area contributed by atoms with Crippen molar-refractivity contribution in [1.29, 1.82) is 0 Å². The number of hydrogen-bond donors (Lipinski definition) is 6.